The van der Waals surface area contributed by atoms with Gasteiger partial charge in [0.2, 0.25) is 0 Å². The molecule has 0 amide bonds. The minimum Gasteiger partial charge on any atom is -0.310 e. The molecule has 0 radical (unpaired) electrons. The van der Waals surface area contributed by atoms with Gasteiger partial charge in [0, 0.05) is 67.4 Å². The molecule has 0 fully saturated rings. The van der Waals surface area contributed by atoms with E-state index in [9.17, 15) is 0 Å². The van der Waals surface area contributed by atoms with Gasteiger partial charge >= 0.3 is 0 Å². The molecule has 0 aromatic heterocycles. The highest BCUT2D eigenvalue weighted by Crippen LogP contribution is 2.68. The fraction of sp³-hybridized carbons (Fsp3) is 0.0857. The third-order valence-electron chi connectivity index (χ3n) is 23.4. The van der Waals surface area contributed by atoms with Gasteiger partial charge in [-0.15, -0.1) is 0 Å². The van der Waals surface area contributed by atoms with E-state index in [1.54, 1.807) is 0 Å². The van der Waals surface area contributed by atoms with Crippen LogP contribution in [0.15, 0.2) is 382 Å². The molecule has 108 heavy (non-hydrogen) atoms. The number of hydrogen-bond acceptors (Lipinski definition) is 3. The molecular weight excluding hydrogens is 1300 g/mol. The first-order valence-corrected chi connectivity index (χ1v) is 37.9. The first kappa shape index (κ1) is 65.7. The molecule has 16 aromatic rings. The Kier molecular flexibility index (Phi) is 15.9. The first-order chi connectivity index (χ1) is 52.8. The summed E-state index contributed by atoms with van der Waals surface area (Å²) in [7, 11) is 0. The third kappa shape index (κ3) is 11.1. The van der Waals surface area contributed by atoms with Crippen molar-refractivity contribution in [3.63, 3.8) is 0 Å². The van der Waals surface area contributed by atoms with Crippen molar-refractivity contribution in [2.75, 3.05) is 14.7 Å². The van der Waals surface area contributed by atoms with Crippen LogP contribution < -0.4 is 14.7 Å². The van der Waals surface area contributed by atoms with Gasteiger partial charge < -0.3 is 14.7 Å². The maximum Gasteiger partial charge on any atom is 0.0465 e. The molecule has 16 aromatic carbocycles. The fourth-order valence-corrected chi connectivity index (χ4v) is 18.0. The maximum absolute atomic E-state index is 2.54. The molecule has 0 aliphatic heterocycles. The molecule has 0 saturated carbocycles. The van der Waals surface area contributed by atoms with Gasteiger partial charge in [0.15, 0.2) is 0 Å². The second kappa shape index (κ2) is 26.2. The van der Waals surface area contributed by atoms with Crippen LogP contribution in [-0.2, 0) is 16.2 Å². The molecule has 0 atom stereocenters. The van der Waals surface area contributed by atoms with E-state index in [-0.39, 0.29) is 0 Å². The van der Waals surface area contributed by atoms with Crippen molar-refractivity contribution in [3.05, 3.63) is 416 Å². The van der Waals surface area contributed by atoms with Crippen molar-refractivity contribution < 1.29 is 0 Å². The second-order valence-corrected chi connectivity index (χ2v) is 30.8. The normalized spacial score (nSPS) is 13.5. The molecule has 0 bridgehead atoms. The Morgan fingerprint density at radius 1 is 0.157 bits per heavy atom. The second-order valence-electron chi connectivity index (χ2n) is 30.8. The first-order valence-electron chi connectivity index (χ1n) is 37.9. The predicted molar refractivity (Wildman–Crippen MR) is 456 cm³/mol. The third-order valence-corrected chi connectivity index (χ3v) is 23.4. The largest absolute Gasteiger partial charge is 0.310 e. The number of anilines is 9. The summed E-state index contributed by atoms with van der Waals surface area (Å²) >= 11 is 0. The molecule has 19 rings (SSSR count). The molecule has 0 spiro atoms. The van der Waals surface area contributed by atoms with E-state index in [0.29, 0.717) is 0 Å². The summed E-state index contributed by atoms with van der Waals surface area (Å²) in [5.41, 5.74) is 38.9. The van der Waals surface area contributed by atoms with Gasteiger partial charge in [0.1, 0.15) is 0 Å². The van der Waals surface area contributed by atoms with E-state index >= 15 is 0 Å². The van der Waals surface area contributed by atoms with Crippen molar-refractivity contribution in [1.82, 2.24) is 0 Å². The van der Waals surface area contributed by atoms with Crippen molar-refractivity contribution in [3.8, 4) is 100 Å². The van der Waals surface area contributed by atoms with Crippen molar-refractivity contribution >= 4 is 51.2 Å². The zero-order valence-corrected chi connectivity index (χ0v) is 61.7. The Labute approximate surface area is 635 Å². The SMILES string of the molecule is CC1(C)c2cc(N(c3ccc(-c4ccccc4)cc3)c3ccc(-c4ccccc4)cc3)ccc2-c2c1c1c(c3c2C(C)(C)c2cc(N(c4ccc(-c5ccccc5)cc4)c4ccc(-c5ccccc5)cc4)ccc2-3)C(C)(C)c2cc(N(c3ccc(-c4ccccc4)cc3)c3ccc(-c4ccccc4)cc3)ccc2-1. The minimum absolute atomic E-state index is 0.464. The summed E-state index contributed by atoms with van der Waals surface area (Å²) in [5.74, 6) is 0. The number of nitrogens with zero attached hydrogens (tertiary/aromatic N) is 3. The zero-order valence-electron chi connectivity index (χ0n) is 61.7. The van der Waals surface area contributed by atoms with Gasteiger partial charge in [-0.05, 0) is 243 Å². The van der Waals surface area contributed by atoms with E-state index in [4.69, 9.17) is 0 Å². The van der Waals surface area contributed by atoms with E-state index in [1.165, 1.54) is 134 Å². The van der Waals surface area contributed by atoms with Crippen LogP contribution in [0.25, 0.3) is 100 Å². The van der Waals surface area contributed by atoms with E-state index in [0.717, 1.165) is 51.2 Å². The summed E-state index contributed by atoms with van der Waals surface area (Å²) in [6.07, 6.45) is 0. The van der Waals surface area contributed by atoms with Crippen LogP contribution in [0.4, 0.5) is 51.2 Å². The van der Waals surface area contributed by atoms with Crippen molar-refractivity contribution in [1.29, 1.82) is 0 Å². The molecule has 0 saturated heterocycles. The lowest BCUT2D eigenvalue weighted by atomic mass is 9.71. The van der Waals surface area contributed by atoms with Crippen molar-refractivity contribution in [2.45, 2.75) is 57.8 Å². The summed E-state index contributed by atoms with van der Waals surface area (Å²) in [4.78, 5) is 7.39. The fourth-order valence-electron chi connectivity index (χ4n) is 18.0. The molecule has 3 heteroatoms. The quantitative estimate of drug-likeness (QED) is 0.101. The van der Waals surface area contributed by atoms with Crippen LogP contribution in [0.1, 0.15) is 74.9 Å². The monoisotopic (exact) mass is 1380 g/mol. The minimum atomic E-state index is -0.464. The smallest absolute Gasteiger partial charge is 0.0465 e. The Morgan fingerprint density at radius 2 is 0.306 bits per heavy atom. The van der Waals surface area contributed by atoms with Crippen LogP contribution in [0.3, 0.4) is 0 Å². The lowest BCUT2D eigenvalue weighted by Gasteiger charge is -2.32. The van der Waals surface area contributed by atoms with Gasteiger partial charge in [0.25, 0.3) is 0 Å². The summed E-state index contributed by atoms with van der Waals surface area (Å²) in [6, 6.07) is 141. The zero-order chi connectivity index (χ0) is 72.8. The number of benzene rings is 16. The standard InChI is InChI=1S/C105H81N3/c1-103(2)94-67-88(106(82-49-37-76(38-50-82)70-25-13-7-14-26-70)83-51-39-77(40-52-83)71-27-15-8-16-28-71)61-64-91(94)97-100(103)98-92-65-62-89(107(84-53-41-78(42-54-84)72-29-17-9-18-30-72)85-55-43-79(44-56-85)73-31-19-10-20-32-73)68-95(92)104(3,4)102(98)99-93-66-63-90(69-96(93)105(5,6)101(97)99)108(86-57-45-80(46-58-86)74-33-21-11-22-34-74)87-59-47-81(48-60-87)75-35-23-12-24-36-75/h7-69H,1-6H3. The Bertz CT molecular complexity index is 5160. The summed E-state index contributed by atoms with van der Waals surface area (Å²) in [5, 5.41) is 0. The summed E-state index contributed by atoms with van der Waals surface area (Å²) in [6.45, 7) is 15.1. The molecular formula is C105H81N3. The van der Waals surface area contributed by atoms with Crippen molar-refractivity contribution in [2.24, 2.45) is 0 Å². The maximum atomic E-state index is 2.54. The number of rotatable bonds is 15. The highest BCUT2D eigenvalue weighted by Gasteiger charge is 2.53. The van der Waals surface area contributed by atoms with Crippen LogP contribution in [-0.4, -0.2) is 0 Å². The number of fused-ring (bicyclic) bond motifs is 12. The van der Waals surface area contributed by atoms with E-state index in [1.807, 2.05) is 0 Å². The van der Waals surface area contributed by atoms with Gasteiger partial charge in [-0.25, -0.2) is 0 Å². The van der Waals surface area contributed by atoms with Crippen LogP contribution in [0.2, 0.25) is 0 Å². The predicted octanol–water partition coefficient (Wildman–Crippen LogP) is 29.0. The Balaban J connectivity index is 0.805. The van der Waals surface area contributed by atoms with Gasteiger partial charge in [-0.1, -0.05) is 315 Å². The molecule has 0 heterocycles. The topological polar surface area (TPSA) is 9.72 Å². The highest BCUT2D eigenvalue weighted by molar-refractivity contribution is 6.06. The van der Waals surface area contributed by atoms with Crippen LogP contribution in [0, 0.1) is 0 Å². The van der Waals surface area contributed by atoms with Gasteiger partial charge in [0.05, 0.1) is 0 Å². The molecule has 0 N–H and O–H groups in total. The van der Waals surface area contributed by atoms with Gasteiger partial charge in [-0.3, -0.25) is 0 Å². The lowest BCUT2D eigenvalue weighted by Crippen LogP contribution is -2.22. The summed E-state index contributed by atoms with van der Waals surface area (Å²) < 4.78 is 0. The highest BCUT2D eigenvalue weighted by atomic mass is 15.2. The molecule has 3 nitrogen and oxygen atoms in total. The van der Waals surface area contributed by atoms with E-state index in [2.05, 4.69) is 438 Å². The molecule has 3 aliphatic carbocycles. The van der Waals surface area contributed by atoms with Gasteiger partial charge in [-0.2, -0.15) is 0 Å². The van der Waals surface area contributed by atoms with Crippen LogP contribution in [0.5, 0.6) is 0 Å². The lowest BCUT2D eigenvalue weighted by molar-refractivity contribution is 0.636. The van der Waals surface area contributed by atoms with E-state index < -0.39 is 16.2 Å². The number of hydrogen-bond donors (Lipinski definition) is 0. The molecule has 516 valence electrons. The Morgan fingerprint density at radius 3 is 0.472 bits per heavy atom. The molecule has 3 aliphatic rings. The average Bonchev–Trinajstić information content (AvgIpc) is 1.49. The molecule has 0 unspecified atom stereocenters. The van der Waals surface area contributed by atoms with Crippen LogP contribution >= 0.6 is 0 Å². The average molecular weight is 1380 g/mol. The Hall–Kier alpha value is -13.1.